The van der Waals surface area contributed by atoms with Crippen molar-refractivity contribution >= 4 is 51.1 Å². The first kappa shape index (κ1) is 20.5. The van der Waals surface area contributed by atoms with Crippen LogP contribution in [0.1, 0.15) is 26.5 Å². The number of aromatic nitrogens is 3. The first-order valence-electron chi connectivity index (χ1n) is 9.97. The predicted octanol–water partition coefficient (Wildman–Crippen LogP) is 3.53. The molecular formula is C20H25BN6O2S. The van der Waals surface area contributed by atoms with Gasteiger partial charge in [0.1, 0.15) is 0 Å². The van der Waals surface area contributed by atoms with E-state index in [0.29, 0.717) is 32.1 Å². The van der Waals surface area contributed by atoms with Crippen LogP contribution >= 0.6 is 11.3 Å². The molecule has 0 atom stereocenters. The van der Waals surface area contributed by atoms with Gasteiger partial charge in [0.15, 0.2) is 0 Å². The van der Waals surface area contributed by atoms with Gasteiger partial charge in [0.05, 0.1) is 0 Å². The van der Waals surface area contributed by atoms with Crippen molar-refractivity contribution in [2.45, 2.75) is 33.3 Å². The molecule has 0 aliphatic carbocycles. The van der Waals surface area contributed by atoms with Gasteiger partial charge in [-0.3, -0.25) is 0 Å². The van der Waals surface area contributed by atoms with Crippen molar-refractivity contribution in [3.63, 3.8) is 0 Å². The van der Waals surface area contributed by atoms with Gasteiger partial charge in [-0.1, -0.05) is 0 Å². The fraction of sp³-hybridized carbons (Fsp3) is 0.450. The number of pyridine rings is 1. The molecule has 1 N–H and O–H groups in total. The molecular weight excluding hydrogens is 399 g/mol. The van der Waals surface area contributed by atoms with Crippen LogP contribution in [0.4, 0.5) is 21.5 Å². The average Bonchev–Trinajstić information content (AvgIpc) is 3.08. The first-order valence-corrected chi connectivity index (χ1v) is 10.8. The van der Waals surface area contributed by atoms with E-state index in [2.05, 4.69) is 27.1 Å². The molecule has 10 heteroatoms. The summed E-state index contributed by atoms with van der Waals surface area (Å²) < 4.78 is 5.47. The van der Waals surface area contributed by atoms with Crippen molar-refractivity contribution in [2.24, 2.45) is 0 Å². The summed E-state index contributed by atoms with van der Waals surface area (Å²) in [5.74, 6) is 1.42. The number of aryl methyl sites for hydroxylation is 1. The van der Waals surface area contributed by atoms with Crippen LogP contribution < -0.4 is 10.2 Å². The number of anilines is 3. The second-order valence-electron chi connectivity index (χ2n) is 8.28. The number of nitrogens with one attached hydrogen (secondary N) is 1. The summed E-state index contributed by atoms with van der Waals surface area (Å²) in [4.78, 5) is 31.8. The van der Waals surface area contributed by atoms with Crippen LogP contribution in [0.5, 0.6) is 0 Å². The molecule has 1 amide bonds. The number of amides is 1. The molecule has 0 spiro atoms. The first-order chi connectivity index (χ1) is 14.3. The van der Waals surface area contributed by atoms with Crippen molar-refractivity contribution < 1.29 is 9.53 Å². The Labute approximate surface area is 180 Å². The summed E-state index contributed by atoms with van der Waals surface area (Å²) in [6, 6.07) is 5.91. The monoisotopic (exact) mass is 424 g/mol. The van der Waals surface area contributed by atoms with Crippen molar-refractivity contribution in [3.8, 4) is 0 Å². The molecule has 1 aliphatic heterocycles. The van der Waals surface area contributed by atoms with Gasteiger partial charge in [-0.2, -0.15) is 0 Å². The normalized spacial score (nSPS) is 14.7. The van der Waals surface area contributed by atoms with Crippen molar-refractivity contribution in [1.82, 2.24) is 19.9 Å². The van der Waals surface area contributed by atoms with Gasteiger partial charge in [0.25, 0.3) is 0 Å². The zero-order valence-corrected chi connectivity index (χ0v) is 18.5. The second kappa shape index (κ2) is 8.18. The van der Waals surface area contributed by atoms with E-state index in [1.54, 1.807) is 22.4 Å². The molecule has 4 heterocycles. The standard InChI is InChI=1S/C20H25BN6O2S/c1-13-12-15(24-17-21-14-6-5-7-22-16(14)30-17)25-18(23-13)26-8-10-27(11-9-26)19(28)29-20(2,3)4/h5-7,12H,8-11H2,1-4H3,(H,23,24,25). The number of ether oxygens (including phenoxy) is 1. The summed E-state index contributed by atoms with van der Waals surface area (Å²) in [6.07, 6.45) is 1.53. The molecule has 4 rings (SSSR count). The van der Waals surface area contributed by atoms with Crippen LogP contribution in [0.15, 0.2) is 24.4 Å². The molecule has 1 saturated heterocycles. The molecule has 8 nitrogen and oxygen atoms in total. The summed E-state index contributed by atoms with van der Waals surface area (Å²) in [5.41, 5.74) is 0.396. The number of nitrogens with zero attached hydrogens (tertiary/aromatic N) is 5. The van der Waals surface area contributed by atoms with Gasteiger partial charge < -0.3 is 0 Å². The van der Waals surface area contributed by atoms with E-state index in [0.717, 1.165) is 26.5 Å². The van der Waals surface area contributed by atoms with E-state index in [1.807, 2.05) is 45.9 Å². The molecule has 0 unspecified atom stereocenters. The van der Waals surface area contributed by atoms with E-state index in [4.69, 9.17) is 9.72 Å². The minimum atomic E-state index is -0.490. The average molecular weight is 424 g/mol. The van der Waals surface area contributed by atoms with E-state index in [-0.39, 0.29) is 6.09 Å². The van der Waals surface area contributed by atoms with Crippen LogP contribution in [0.2, 0.25) is 0 Å². The van der Waals surface area contributed by atoms with Crippen LogP contribution in [-0.4, -0.2) is 64.6 Å². The van der Waals surface area contributed by atoms with Crippen molar-refractivity contribution in [2.75, 3.05) is 36.4 Å². The zero-order chi connectivity index (χ0) is 21.3. The molecule has 0 radical (unpaired) electrons. The number of carbonyl (C=O) groups is 1. The van der Waals surface area contributed by atoms with E-state index < -0.39 is 5.60 Å². The van der Waals surface area contributed by atoms with E-state index in [9.17, 15) is 4.79 Å². The topological polar surface area (TPSA) is 83.5 Å². The van der Waals surface area contributed by atoms with Gasteiger partial charge in [-0.05, 0) is 20.8 Å². The zero-order valence-electron chi connectivity index (χ0n) is 17.7. The van der Waals surface area contributed by atoms with Crippen LogP contribution in [0.3, 0.4) is 0 Å². The van der Waals surface area contributed by atoms with Gasteiger partial charge in [-0.15, -0.1) is 0 Å². The summed E-state index contributed by atoms with van der Waals surface area (Å²) in [5, 5.41) is 4.49. The van der Waals surface area contributed by atoms with Crippen LogP contribution in [0.25, 0.3) is 10.1 Å². The van der Waals surface area contributed by atoms with Gasteiger partial charge in [0, 0.05) is 0 Å². The number of fused-ring (bicyclic) bond motifs is 1. The third-order valence-corrected chi connectivity index (χ3v) is 5.58. The van der Waals surface area contributed by atoms with Crippen molar-refractivity contribution in [3.05, 3.63) is 30.1 Å². The van der Waals surface area contributed by atoms with E-state index >= 15 is 0 Å². The Morgan fingerprint density at radius 3 is 2.70 bits per heavy atom. The van der Waals surface area contributed by atoms with Gasteiger partial charge >= 0.3 is 160 Å². The Hall–Kier alpha value is -2.75. The predicted molar refractivity (Wildman–Crippen MR) is 121 cm³/mol. The number of carbonyl (C=O) groups excluding carboxylic acids is 1. The molecule has 0 saturated carbocycles. The maximum absolute atomic E-state index is 12.3. The van der Waals surface area contributed by atoms with Gasteiger partial charge in [0.2, 0.25) is 0 Å². The van der Waals surface area contributed by atoms with Crippen LogP contribution in [-0.2, 0) is 4.74 Å². The SMILES string of the molecule is Cc1cc(Nc2bc3cccnc3s2)nc(N2CCN(C(=O)OC(C)(C)C)CC2)n1. The second-order valence-corrected chi connectivity index (χ2v) is 9.31. The Balaban J connectivity index is 1.44. The maximum atomic E-state index is 12.3. The molecule has 0 bridgehead atoms. The third-order valence-electron chi connectivity index (χ3n) is 4.60. The van der Waals surface area contributed by atoms with Crippen molar-refractivity contribution in [1.29, 1.82) is 0 Å². The molecule has 0 aromatic carbocycles. The summed E-state index contributed by atoms with van der Waals surface area (Å²) in [6.45, 7) is 12.1. The third kappa shape index (κ3) is 4.87. The molecule has 1 fully saturated rings. The quantitative estimate of drug-likeness (QED) is 0.689. The fourth-order valence-electron chi connectivity index (χ4n) is 3.23. The number of hydrogen-bond acceptors (Lipinski definition) is 8. The molecule has 3 aromatic rings. The Bertz CT molecular complexity index is 1030. The minimum absolute atomic E-state index is 0.270. The Morgan fingerprint density at radius 1 is 1.23 bits per heavy atom. The van der Waals surface area contributed by atoms with Gasteiger partial charge in [-0.25, -0.2) is 0 Å². The van der Waals surface area contributed by atoms with E-state index in [1.165, 1.54) is 0 Å². The number of rotatable bonds is 3. The summed E-state index contributed by atoms with van der Waals surface area (Å²) >= 11 is 1.59. The number of hydrogen-bond donors (Lipinski definition) is 1. The molecule has 156 valence electrons. The molecule has 1 aliphatic rings. The fourth-order valence-corrected chi connectivity index (χ4v) is 4.14. The Kier molecular flexibility index (Phi) is 5.59. The van der Waals surface area contributed by atoms with Crippen LogP contribution in [0, 0.1) is 6.92 Å². The number of piperazine rings is 1. The molecule has 30 heavy (non-hydrogen) atoms. The molecule has 3 aromatic heterocycles. The summed E-state index contributed by atoms with van der Waals surface area (Å²) in [7, 11) is 0. The Morgan fingerprint density at radius 2 is 2.00 bits per heavy atom.